The fourth-order valence-electron chi connectivity index (χ4n) is 4.43. The van der Waals surface area contributed by atoms with Gasteiger partial charge in [-0.1, -0.05) is 12.1 Å². The number of aromatic amines is 1. The number of fused-ring (bicyclic) bond motifs is 1. The Balaban J connectivity index is 1.35. The maximum atomic E-state index is 11.8. The number of carbonyl (C=O) groups excluding carboxylic acids is 2. The van der Waals surface area contributed by atoms with Gasteiger partial charge in [0.05, 0.1) is 24.9 Å². The minimum Gasteiger partial charge on any atom is -0.460 e. The van der Waals surface area contributed by atoms with Crippen molar-refractivity contribution in [2.75, 3.05) is 38.3 Å². The third-order valence-corrected chi connectivity index (χ3v) is 6.34. The summed E-state index contributed by atoms with van der Waals surface area (Å²) >= 11 is 0. The van der Waals surface area contributed by atoms with Crippen LogP contribution in [0.25, 0.3) is 22.3 Å². The monoisotopic (exact) mass is 480 g/mol. The normalized spacial score (nSPS) is 20.4. The Morgan fingerprint density at radius 2 is 1.89 bits per heavy atom. The maximum absolute atomic E-state index is 11.8. The molecule has 0 radical (unpaired) electrons. The second kappa shape index (κ2) is 10.2. The zero-order valence-corrected chi connectivity index (χ0v) is 19.5. The Morgan fingerprint density at radius 3 is 2.66 bits per heavy atom. The van der Waals surface area contributed by atoms with Crippen molar-refractivity contribution in [3.05, 3.63) is 24.4 Å². The molecule has 1 saturated heterocycles. The Labute approximate surface area is 201 Å². The summed E-state index contributed by atoms with van der Waals surface area (Å²) in [7, 11) is 1.44. The Kier molecular flexibility index (Phi) is 6.70. The number of nitrogens with zero attached hydrogens (tertiary/aromatic N) is 5. The number of amides is 2. The molecule has 2 aliphatic rings. The number of hydrogen-bond donors (Lipinski definition) is 3. The summed E-state index contributed by atoms with van der Waals surface area (Å²) in [6.45, 7) is 2.60. The van der Waals surface area contributed by atoms with E-state index in [1.165, 1.54) is 7.05 Å². The van der Waals surface area contributed by atoms with Gasteiger partial charge < -0.3 is 25.0 Å². The first-order valence-corrected chi connectivity index (χ1v) is 11.8. The molecule has 2 amide bonds. The zero-order chi connectivity index (χ0) is 24.2. The SMILES string of the molecule is CNC(=O)C(=O)N[C@H]1CC[C@H](Oc2nc(-c3cccc4[nH]ncc34)nc(N3CCOCC3)n2)CC1. The molecule has 12 nitrogen and oxygen atoms in total. The highest BCUT2D eigenvalue weighted by Gasteiger charge is 2.27. The summed E-state index contributed by atoms with van der Waals surface area (Å²) < 4.78 is 11.7. The predicted molar refractivity (Wildman–Crippen MR) is 127 cm³/mol. The molecule has 3 aromatic rings. The van der Waals surface area contributed by atoms with E-state index in [0.29, 0.717) is 63.8 Å². The molecule has 12 heteroatoms. The first kappa shape index (κ1) is 23.0. The number of anilines is 1. The molecule has 5 rings (SSSR count). The lowest BCUT2D eigenvalue weighted by molar-refractivity contribution is -0.139. The first-order valence-electron chi connectivity index (χ1n) is 11.8. The molecule has 0 atom stereocenters. The molecule has 35 heavy (non-hydrogen) atoms. The number of carbonyl (C=O) groups is 2. The topological polar surface area (TPSA) is 147 Å². The lowest BCUT2D eigenvalue weighted by Crippen LogP contribution is -2.45. The van der Waals surface area contributed by atoms with E-state index in [0.717, 1.165) is 16.5 Å². The molecular formula is C23H28N8O4. The van der Waals surface area contributed by atoms with Crippen molar-refractivity contribution in [1.29, 1.82) is 0 Å². The Morgan fingerprint density at radius 1 is 1.09 bits per heavy atom. The van der Waals surface area contributed by atoms with E-state index >= 15 is 0 Å². The molecule has 2 aromatic heterocycles. The number of benzene rings is 1. The largest absolute Gasteiger partial charge is 0.460 e. The second-order valence-corrected chi connectivity index (χ2v) is 8.62. The van der Waals surface area contributed by atoms with Gasteiger partial charge in [0.1, 0.15) is 6.10 Å². The number of likely N-dealkylation sites (N-methyl/N-ethyl adjacent to an activating group) is 1. The number of rotatable bonds is 5. The van der Waals surface area contributed by atoms with Gasteiger partial charge in [0.15, 0.2) is 5.82 Å². The lowest BCUT2D eigenvalue weighted by Gasteiger charge is -2.29. The quantitative estimate of drug-likeness (QED) is 0.451. The molecule has 0 spiro atoms. The van der Waals surface area contributed by atoms with Crippen molar-refractivity contribution in [2.45, 2.75) is 37.8 Å². The Bertz CT molecular complexity index is 1200. The van der Waals surface area contributed by atoms with Crippen LogP contribution in [0.5, 0.6) is 6.01 Å². The van der Waals surface area contributed by atoms with Gasteiger partial charge in [0, 0.05) is 37.1 Å². The van der Waals surface area contributed by atoms with Crippen LogP contribution < -0.4 is 20.3 Å². The third-order valence-electron chi connectivity index (χ3n) is 6.34. The molecule has 0 bridgehead atoms. The van der Waals surface area contributed by atoms with Crippen LogP contribution in [0.4, 0.5) is 5.95 Å². The minimum atomic E-state index is -0.635. The standard InChI is InChI=1S/C23H28N8O4/c1-24-20(32)21(33)26-14-5-7-15(8-6-14)35-23-28-19(16-3-2-4-18-17(16)13-25-30-18)27-22(29-23)31-9-11-34-12-10-31/h2-4,13-15H,5-12H2,1H3,(H,24,32)(H,25,30)(H,26,33)/t14-,15-. The minimum absolute atomic E-state index is 0.0591. The average Bonchev–Trinajstić information content (AvgIpc) is 3.39. The van der Waals surface area contributed by atoms with E-state index in [4.69, 9.17) is 14.5 Å². The van der Waals surface area contributed by atoms with Gasteiger partial charge in [0.2, 0.25) is 5.95 Å². The maximum Gasteiger partial charge on any atom is 0.322 e. The van der Waals surface area contributed by atoms with Gasteiger partial charge >= 0.3 is 17.8 Å². The number of H-pyrrole nitrogens is 1. The lowest BCUT2D eigenvalue weighted by atomic mass is 9.93. The highest BCUT2D eigenvalue weighted by atomic mass is 16.5. The number of nitrogens with one attached hydrogen (secondary N) is 3. The molecular weight excluding hydrogens is 452 g/mol. The van der Waals surface area contributed by atoms with E-state index in [-0.39, 0.29) is 18.2 Å². The van der Waals surface area contributed by atoms with E-state index in [2.05, 4.69) is 35.7 Å². The molecule has 2 fully saturated rings. The molecule has 1 saturated carbocycles. The van der Waals surface area contributed by atoms with E-state index in [1.807, 2.05) is 18.2 Å². The van der Waals surface area contributed by atoms with Gasteiger partial charge in [-0.2, -0.15) is 20.1 Å². The summed E-state index contributed by atoms with van der Waals surface area (Å²) in [5.41, 5.74) is 1.74. The first-order chi connectivity index (χ1) is 17.1. The number of aromatic nitrogens is 5. The van der Waals surface area contributed by atoms with Crippen molar-refractivity contribution in [3.63, 3.8) is 0 Å². The van der Waals surface area contributed by atoms with E-state index in [9.17, 15) is 9.59 Å². The number of morpholine rings is 1. The van der Waals surface area contributed by atoms with Crippen LogP contribution in [0.1, 0.15) is 25.7 Å². The smallest absolute Gasteiger partial charge is 0.322 e. The van der Waals surface area contributed by atoms with E-state index < -0.39 is 11.8 Å². The van der Waals surface area contributed by atoms with Crippen LogP contribution in [0.3, 0.4) is 0 Å². The Hall–Kier alpha value is -3.80. The fraction of sp³-hybridized carbons (Fsp3) is 0.478. The third kappa shape index (κ3) is 5.16. The van der Waals surface area contributed by atoms with Crippen molar-refractivity contribution < 1.29 is 19.1 Å². The van der Waals surface area contributed by atoms with Crippen LogP contribution in [0.2, 0.25) is 0 Å². The summed E-state index contributed by atoms with van der Waals surface area (Å²) in [5.74, 6) is -0.165. The van der Waals surface area contributed by atoms with Crippen LogP contribution >= 0.6 is 0 Å². The highest BCUT2D eigenvalue weighted by Crippen LogP contribution is 2.29. The van der Waals surface area contributed by atoms with Gasteiger partial charge in [-0.3, -0.25) is 14.7 Å². The van der Waals surface area contributed by atoms with Crippen LogP contribution in [0, 0.1) is 0 Å². The van der Waals surface area contributed by atoms with Crippen molar-refractivity contribution >= 4 is 28.7 Å². The summed E-state index contributed by atoms with van der Waals surface area (Å²) in [6, 6.07) is 6.06. The van der Waals surface area contributed by atoms with Gasteiger partial charge in [-0.25, -0.2) is 0 Å². The molecule has 1 aromatic carbocycles. The molecule has 3 heterocycles. The van der Waals surface area contributed by atoms with Crippen LogP contribution in [-0.2, 0) is 14.3 Å². The van der Waals surface area contributed by atoms with Crippen molar-refractivity contribution in [2.24, 2.45) is 0 Å². The van der Waals surface area contributed by atoms with Crippen molar-refractivity contribution in [1.82, 2.24) is 35.8 Å². The van der Waals surface area contributed by atoms with Crippen LogP contribution in [0.15, 0.2) is 24.4 Å². The predicted octanol–water partition coefficient (Wildman–Crippen LogP) is 0.804. The highest BCUT2D eigenvalue weighted by molar-refractivity contribution is 6.35. The van der Waals surface area contributed by atoms with E-state index in [1.54, 1.807) is 6.20 Å². The molecule has 1 aliphatic heterocycles. The van der Waals surface area contributed by atoms with Gasteiger partial charge in [-0.15, -0.1) is 0 Å². The van der Waals surface area contributed by atoms with Crippen LogP contribution in [-0.4, -0.2) is 82.5 Å². The average molecular weight is 481 g/mol. The summed E-state index contributed by atoms with van der Waals surface area (Å²) in [6.07, 6.45) is 4.50. The summed E-state index contributed by atoms with van der Waals surface area (Å²) in [4.78, 5) is 39.4. The van der Waals surface area contributed by atoms with Crippen molar-refractivity contribution in [3.8, 4) is 17.4 Å². The zero-order valence-electron chi connectivity index (χ0n) is 19.5. The fourth-order valence-corrected chi connectivity index (χ4v) is 4.43. The number of hydrogen-bond acceptors (Lipinski definition) is 9. The molecule has 0 unspecified atom stereocenters. The molecule has 184 valence electrons. The molecule has 3 N–H and O–H groups in total. The summed E-state index contributed by atoms with van der Waals surface area (Å²) in [5, 5.41) is 13.2. The van der Waals surface area contributed by atoms with Gasteiger partial charge in [-0.05, 0) is 31.7 Å². The molecule has 1 aliphatic carbocycles. The van der Waals surface area contributed by atoms with Gasteiger partial charge in [0.25, 0.3) is 0 Å². The number of ether oxygens (including phenoxy) is 2. The second-order valence-electron chi connectivity index (χ2n) is 8.62.